The van der Waals surface area contributed by atoms with Gasteiger partial charge in [-0.05, 0) is 40.4 Å². The monoisotopic (exact) mass is 419 g/mol. The summed E-state index contributed by atoms with van der Waals surface area (Å²) in [7, 11) is 0. The Hall–Kier alpha value is -1.08. The van der Waals surface area contributed by atoms with Crippen molar-refractivity contribution in [3.63, 3.8) is 0 Å². The van der Waals surface area contributed by atoms with Crippen LogP contribution in [-0.2, 0) is 14.3 Å². The fraction of sp³-hybridized carbons (Fsp3) is 0.529. The van der Waals surface area contributed by atoms with Crippen molar-refractivity contribution in [2.24, 2.45) is 5.92 Å². The van der Waals surface area contributed by atoms with Crippen LogP contribution in [0.3, 0.4) is 0 Å². The minimum Gasteiger partial charge on any atom is -0.465 e. The summed E-state index contributed by atoms with van der Waals surface area (Å²) in [6.07, 6.45) is 1.48. The minimum absolute atomic E-state index is 0.0963. The van der Waals surface area contributed by atoms with Crippen LogP contribution in [0.1, 0.15) is 40.5 Å². The maximum Gasteiger partial charge on any atom is 0.319 e. The number of esters is 1. The van der Waals surface area contributed by atoms with Crippen molar-refractivity contribution < 1.29 is 18.7 Å². The molecule has 0 aromatic heterocycles. The SMILES string of the molecule is CCCC(Sc1cc(NC(C)=O)c(F)cc1Br)C(=O)OCC(C)C. The van der Waals surface area contributed by atoms with Gasteiger partial charge in [0, 0.05) is 16.3 Å². The molecule has 1 amide bonds. The standard InChI is InChI=1S/C17H23BrFNO3S/c1-5-6-15(17(22)23-9-10(2)3)24-16-8-14(20-11(4)21)13(19)7-12(16)18/h7-8,10,15H,5-6,9H2,1-4H3,(H,20,21). The Morgan fingerprint density at radius 3 is 2.58 bits per heavy atom. The quantitative estimate of drug-likeness (QED) is 0.475. The van der Waals surface area contributed by atoms with Gasteiger partial charge in [-0.25, -0.2) is 4.39 Å². The lowest BCUT2D eigenvalue weighted by Gasteiger charge is -2.17. The molecule has 24 heavy (non-hydrogen) atoms. The van der Waals surface area contributed by atoms with Crippen LogP contribution in [0.4, 0.5) is 10.1 Å². The first-order valence-corrected chi connectivity index (χ1v) is 9.51. The average molecular weight is 420 g/mol. The zero-order chi connectivity index (χ0) is 18.3. The Kier molecular flexibility index (Phi) is 8.76. The highest BCUT2D eigenvalue weighted by Gasteiger charge is 2.23. The van der Waals surface area contributed by atoms with Gasteiger partial charge in [-0.3, -0.25) is 9.59 Å². The summed E-state index contributed by atoms with van der Waals surface area (Å²) >= 11 is 4.62. The molecule has 0 radical (unpaired) electrons. The minimum atomic E-state index is -0.532. The van der Waals surface area contributed by atoms with Crippen LogP contribution in [0.25, 0.3) is 0 Å². The van der Waals surface area contributed by atoms with Crippen LogP contribution in [0.5, 0.6) is 0 Å². The number of benzene rings is 1. The van der Waals surface area contributed by atoms with Crippen LogP contribution in [0.15, 0.2) is 21.5 Å². The van der Waals surface area contributed by atoms with E-state index in [4.69, 9.17) is 4.74 Å². The molecule has 0 saturated carbocycles. The Morgan fingerprint density at radius 1 is 1.38 bits per heavy atom. The normalized spacial score (nSPS) is 12.1. The molecule has 0 aliphatic heterocycles. The van der Waals surface area contributed by atoms with Gasteiger partial charge in [0.05, 0.1) is 12.3 Å². The molecule has 0 aliphatic carbocycles. The predicted molar refractivity (Wildman–Crippen MR) is 98.8 cm³/mol. The average Bonchev–Trinajstić information content (AvgIpc) is 2.48. The number of ether oxygens (including phenoxy) is 1. The summed E-state index contributed by atoms with van der Waals surface area (Å²) in [6.45, 7) is 7.64. The van der Waals surface area contributed by atoms with Crippen LogP contribution < -0.4 is 5.32 Å². The highest BCUT2D eigenvalue weighted by Crippen LogP contribution is 2.36. The third kappa shape index (κ3) is 6.81. The number of nitrogens with one attached hydrogen (secondary N) is 1. The molecule has 1 N–H and O–H groups in total. The molecular formula is C17H23BrFNO3S. The van der Waals surface area contributed by atoms with Gasteiger partial charge in [0.1, 0.15) is 11.1 Å². The van der Waals surface area contributed by atoms with Crippen molar-refractivity contribution in [3.05, 3.63) is 22.4 Å². The second-order valence-corrected chi connectivity index (χ2v) is 7.96. The van der Waals surface area contributed by atoms with Gasteiger partial charge in [0.25, 0.3) is 0 Å². The lowest BCUT2D eigenvalue weighted by Crippen LogP contribution is -2.22. The van der Waals surface area contributed by atoms with Gasteiger partial charge >= 0.3 is 5.97 Å². The highest BCUT2D eigenvalue weighted by atomic mass is 79.9. The Bertz CT molecular complexity index is 595. The molecule has 0 saturated heterocycles. The third-order valence-corrected chi connectivity index (χ3v) is 5.20. The molecule has 1 rings (SSSR count). The third-order valence-electron chi connectivity index (χ3n) is 2.97. The summed E-state index contributed by atoms with van der Waals surface area (Å²) < 4.78 is 19.8. The summed E-state index contributed by atoms with van der Waals surface area (Å²) in [5.41, 5.74) is 0.0963. The van der Waals surface area contributed by atoms with Crippen molar-refractivity contribution in [2.45, 2.75) is 50.7 Å². The molecule has 0 heterocycles. The Balaban J connectivity index is 2.96. The molecule has 1 unspecified atom stereocenters. The van der Waals surface area contributed by atoms with E-state index in [1.54, 1.807) is 0 Å². The first-order valence-electron chi connectivity index (χ1n) is 7.84. The molecule has 1 aromatic rings. The van der Waals surface area contributed by atoms with Gasteiger partial charge in [-0.15, -0.1) is 11.8 Å². The van der Waals surface area contributed by atoms with E-state index < -0.39 is 5.82 Å². The Morgan fingerprint density at radius 2 is 2.04 bits per heavy atom. The second kappa shape index (κ2) is 10.0. The van der Waals surface area contributed by atoms with Crippen LogP contribution in [-0.4, -0.2) is 23.7 Å². The highest BCUT2D eigenvalue weighted by molar-refractivity contribution is 9.10. The smallest absolute Gasteiger partial charge is 0.319 e. The number of anilines is 1. The number of amides is 1. The van der Waals surface area contributed by atoms with Gasteiger partial charge in [0.15, 0.2) is 0 Å². The number of thioether (sulfide) groups is 1. The van der Waals surface area contributed by atoms with E-state index in [-0.39, 0.29) is 28.7 Å². The number of hydrogen-bond donors (Lipinski definition) is 1. The largest absolute Gasteiger partial charge is 0.465 e. The van der Waals surface area contributed by atoms with Crippen molar-refractivity contribution in [2.75, 3.05) is 11.9 Å². The fourth-order valence-corrected chi connectivity index (χ4v) is 3.66. The van der Waals surface area contributed by atoms with E-state index in [1.807, 2.05) is 20.8 Å². The van der Waals surface area contributed by atoms with E-state index in [1.165, 1.54) is 30.8 Å². The summed E-state index contributed by atoms with van der Waals surface area (Å²) in [5.74, 6) is -0.887. The molecule has 1 atom stereocenters. The zero-order valence-corrected chi connectivity index (χ0v) is 16.7. The summed E-state index contributed by atoms with van der Waals surface area (Å²) in [6, 6.07) is 2.82. The predicted octanol–water partition coefficient (Wildman–Crippen LogP) is 5.01. The first-order chi connectivity index (χ1) is 11.2. The molecule has 0 fully saturated rings. The van der Waals surface area contributed by atoms with Gasteiger partial charge < -0.3 is 10.1 Å². The van der Waals surface area contributed by atoms with Crippen molar-refractivity contribution in [3.8, 4) is 0 Å². The van der Waals surface area contributed by atoms with Crippen LogP contribution >= 0.6 is 27.7 Å². The molecule has 134 valence electrons. The van der Waals surface area contributed by atoms with Crippen molar-refractivity contribution in [1.82, 2.24) is 0 Å². The molecule has 4 nitrogen and oxygen atoms in total. The van der Waals surface area contributed by atoms with Crippen molar-refractivity contribution in [1.29, 1.82) is 0 Å². The van der Waals surface area contributed by atoms with E-state index in [9.17, 15) is 14.0 Å². The van der Waals surface area contributed by atoms with Gasteiger partial charge in [0.2, 0.25) is 5.91 Å². The van der Waals surface area contributed by atoms with Crippen molar-refractivity contribution >= 4 is 45.3 Å². The molecule has 1 aromatic carbocycles. The summed E-state index contributed by atoms with van der Waals surface area (Å²) in [5, 5.41) is 2.08. The molecule has 0 spiro atoms. The first kappa shape index (κ1) is 21.0. The topological polar surface area (TPSA) is 55.4 Å². The van der Waals surface area contributed by atoms with Gasteiger partial charge in [-0.1, -0.05) is 27.2 Å². The maximum atomic E-state index is 13.9. The zero-order valence-electron chi connectivity index (χ0n) is 14.3. The fourth-order valence-electron chi connectivity index (χ4n) is 1.89. The van der Waals surface area contributed by atoms with E-state index in [0.717, 1.165) is 6.42 Å². The van der Waals surface area contributed by atoms with Gasteiger partial charge in [-0.2, -0.15) is 0 Å². The number of rotatable bonds is 8. The number of carbonyl (C=O) groups excluding carboxylic acids is 2. The molecular weight excluding hydrogens is 397 g/mol. The Labute approximate surface area is 155 Å². The van der Waals surface area contributed by atoms with Crippen LogP contribution in [0, 0.1) is 11.7 Å². The van der Waals surface area contributed by atoms with E-state index in [0.29, 0.717) is 22.4 Å². The molecule has 0 aliphatic rings. The molecule has 7 heteroatoms. The van der Waals surface area contributed by atoms with Crippen LogP contribution in [0.2, 0.25) is 0 Å². The number of hydrogen-bond acceptors (Lipinski definition) is 4. The summed E-state index contributed by atoms with van der Waals surface area (Å²) in [4.78, 5) is 24.1. The molecule has 0 bridgehead atoms. The second-order valence-electron chi connectivity index (χ2n) is 5.86. The van der Waals surface area contributed by atoms with E-state index in [2.05, 4.69) is 21.2 Å². The number of carbonyl (C=O) groups is 2. The van der Waals surface area contributed by atoms with E-state index >= 15 is 0 Å². The maximum absolute atomic E-state index is 13.9. The lowest BCUT2D eigenvalue weighted by molar-refractivity contribution is -0.144. The number of halogens is 2. The lowest BCUT2D eigenvalue weighted by atomic mass is 10.2.